The number of benzene rings is 1. The molecule has 3 rings (SSSR count). The van der Waals surface area contributed by atoms with Crippen LogP contribution in [0.2, 0.25) is 0 Å². The predicted molar refractivity (Wildman–Crippen MR) is 65.6 cm³/mol. The van der Waals surface area contributed by atoms with Crippen molar-refractivity contribution in [3.63, 3.8) is 0 Å². The topological polar surface area (TPSA) is 51.5 Å². The summed E-state index contributed by atoms with van der Waals surface area (Å²) >= 11 is 0. The summed E-state index contributed by atoms with van der Waals surface area (Å²) in [6.07, 6.45) is 2.27. The third-order valence-corrected chi connectivity index (χ3v) is 2.96. The first-order valence-electron chi connectivity index (χ1n) is 5.88. The SMILES string of the molecule is O=C(NC1COc2ccccc2C1)c1ccco1. The number of carbonyl (C=O) groups excluding carboxylic acids is 1. The van der Waals surface area contributed by atoms with Crippen molar-refractivity contribution in [1.82, 2.24) is 5.32 Å². The summed E-state index contributed by atoms with van der Waals surface area (Å²) in [4.78, 5) is 11.8. The first-order valence-corrected chi connectivity index (χ1v) is 5.88. The van der Waals surface area contributed by atoms with Gasteiger partial charge in [-0.2, -0.15) is 0 Å². The van der Waals surface area contributed by atoms with Crippen LogP contribution in [-0.4, -0.2) is 18.6 Å². The average molecular weight is 243 g/mol. The minimum Gasteiger partial charge on any atom is -0.491 e. The molecule has 1 N–H and O–H groups in total. The molecular formula is C14H13NO3. The maximum atomic E-state index is 11.8. The standard InChI is InChI=1S/C14H13NO3/c16-14(13-6-3-7-17-13)15-11-8-10-4-1-2-5-12(10)18-9-11/h1-7,11H,8-9H2,(H,15,16). The molecule has 4 nitrogen and oxygen atoms in total. The molecule has 2 aromatic rings. The summed E-state index contributed by atoms with van der Waals surface area (Å²) in [6.45, 7) is 0.490. The van der Waals surface area contributed by atoms with Gasteiger partial charge in [-0.1, -0.05) is 18.2 Å². The Kier molecular flexibility index (Phi) is 2.76. The van der Waals surface area contributed by atoms with Gasteiger partial charge in [0, 0.05) is 0 Å². The van der Waals surface area contributed by atoms with E-state index in [1.54, 1.807) is 12.1 Å². The molecule has 1 aromatic heterocycles. The molecule has 1 unspecified atom stereocenters. The van der Waals surface area contributed by atoms with Crippen molar-refractivity contribution in [2.75, 3.05) is 6.61 Å². The van der Waals surface area contributed by atoms with E-state index in [2.05, 4.69) is 5.32 Å². The molecular weight excluding hydrogens is 230 g/mol. The van der Waals surface area contributed by atoms with Crippen molar-refractivity contribution in [3.05, 3.63) is 54.0 Å². The van der Waals surface area contributed by atoms with Gasteiger partial charge in [0.1, 0.15) is 12.4 Å². The number of hydrogen-bond donors (Lipinski definition) is 1. The Hall–Kier alpha value is -2.23. The molecule has 1 amide bonds. The predicted octanol–water partition coefficient (Wildman–Crippen LogP) is 2.01. The van der Waals surface area contributed by atoms with E-state index < -0.39 is 0 Å². The van der Waals surface area contributed by atoms with E-state index in [9.17, 15) is 4.79 Å². The molecule has 1 atom stereocenters. The number of nitrogens with one attached hydrogen (secondary N) is 1. The first kappa shape index (κ1) is 10.9. The van der Waals surface area contributed by atoms with Gasteiger partial charge in [0.15, 0.2) is 5.76 Å². The zero-order valence-corrected chi connectivity index (χ0v) is 9.76. The highest BCUT2D eigenvalue weighted by Crippen LogP contribution is 2.23. The van der Waals surface area contributed by atoms with Gasteiger partial charge in [0.05, 0.1) is 12.3 Å². The van der Waals surface area contributed by atoms with Crippen LogP contribution in [0.3, 0.4) is 0 Å². The Labute approximate surface area is 105 Å². The largest absolute Gasteiger partial charge is 0.491 e. The Morgan fingerprint density at radius 2 is 2.11 bits per heavy atom. The molecule has 18 heavy (non-hydrogen) atoms. The molecule has 0 fully saturated rings. The number of rotatable bonds is 2. The fourth-order valence-corrected chi connectivity index (χ4v) is 2.09. The van der Waals surface area contributed by atoms with Crippen molar-refractivity contribution in [2.24, 2.45) is 0 Å². The summed E-state index contributed by atoms with van der Waals surface area (Å²) in [6, 6.07) is 11.2. The molecule has 4 heteroatoms. The lowest BCUT2D eigenvalue weighted by Gasteiger charge is -2.25. The molecule has 0 radical (unpaired) electrons. The highest BCUT2D eigenvalue weighted by Gasteiger charge is 2.22. The summed E-state index contributed by atoms with van der Waals surface area (Å²) in [5.41, 5.74) is 1.12. The lowest BCUT2D eigenvalue weighted by Crippen LogP contribution is -2.42. The average Bonchev–Trinajstić information content (AvgIpc) is 2.92. The monoisotopic (exact) mass is 243 g/mol. The third-order valence-electron chi connectivity index (χ3n) is 2.96. The quantitative estimate of drug-likeness (QED) is 0.877. The normalized spacial score (nSPS) is 17.7. The molecule has 1 aliphatic rings. The van der Waals surface area contributed by atoms with E-state index in [0.29, 0.717) is 12.4 Å². The summed E-state index contributed by atoms with van der Waals surface area (Å²) < 4.78 is 10.7. The minimum atomic E-state index is -0.201. The minimum absolute atomic E-state index is 0.0162. The van der Waals surface area contributed by atoms with Crippen molar-refractivity contribution in [1.29, 1.82) is 0 Å². The number of para-hydroxylation sites is 1. The van der Waals surface area contributed by atoms with Crippen LogP contribution in [0.25, 0.3) is 0 Å². The van der Waals surface area contributed by atoms with E-state index in [4.69, 9.17) is 9.15 Å². The number of carbonyl (C=O) groups is 1. The van der Waals surface area contributed by atoms with Gasteiger partial charge in [-0.05, 0) is 30.2 Å². The number of furan rings is 1. The van der Waals surface area contributed by atoms with E-state index in [1.165, 1.54) is 6.26 Å². The fourth-order valence-electron chi connectivity index (χ4n) is 2.09. The molecule has 92 valence electrons. The first-order chi connectivity index (χ1) is 8.83. The Bertz CT molecular complexity index is 548. The zero-order valence-electron chi connectivity index (χ0n) is 9.76. The van der Waals surface area contributed by atoms with Gasteiger partial charge in [-0.15, -0.1) is 0 Å². The van der Waals surface area contributed by atoms with Gasteiger partial charge in [-0.25, -0.2) is 0 Å². The van der Waals surface area contributed by atoms with Gasteiger partial charge in [0.25, 0.3) is 5.91 Å². The van der Waals surface area contributed by atoms with Crippen LogP contribution in [-0.2, 0) is 6.42 Å². The molecule has 0 bridgehead atoms. The van der Waals surface area contributed by atoms with E-state index in [1.807, 2.05) is 24.3 Å². The van der Waals surface area contributed by atoms with Crippen molar-refractivity contribution >= 4 is 5.91 Å². The van der Waals surface area contributed by atoms with Gasteiger partial charge < -0.3 is 14.5 Å². The number of fused-ring (bicyclic) bond motifs is 1. The lowest BCUT2D eigenvalue weighted by atomic mass is 10.0. The van der Waals surface area contributed by atoms with E-state index >= 15 is 0 Å². The molecule has 0 aliphatic carbocycles. The maximum Gasteiger partial charge on any atom is 0.287 e. The maximum absolute atomic E-state index is 11.8. The van der Waals surface area contributed by atoms with Crippen LogP contribution in [0.5, 0.6) is 5.75 Å². The van der Waals surface area contributed by atoms with Gasteiger partial charge in [0.2, 0.25) is 0 Å². The molecule has 0 saturated heterocycles. The summed E-state index contributed by atoms with van der Waals surface area (Å²) in [5.74, 6) is 1.03. The molecule has 1 aromatic carbocycles. The Morgan fingerprint density at radius 3 is 2.94 bits per heavy atom. The molecule has 1 aliphatic heterocycles. The second-order valence-electron chi connectivity index (χ2n) is 4.27. The van der Waals surface area contributed by atoms with E-state index in [-0.39, 0.29) is 11.9 Å². The fraction of sp³-hybridized carbons (Fsp3) is 0.214. The van der Waals surface area contributed by atoms with Crippen molar-refractivity contribution in [2.45, 2.75) is 12.5 Å². The number of amides is 1. The third kappa shape index (κ3) is 2.09. The summed E-state index contributed by atoms with van der Waals surface area (Å²) in [5, 5.41) is 2.90. The highest BCUT2D eigenvalue weighted by molar-refractivity contribution is 5.91. The van der Waals surface area contributed by atoms with Gasteiger partial charge in [-0.3, -0.25) is 4.79 Å². The second kappa shape index (κ2) is 4.56. The Balaban J connectivity index is 1.68. The smallest absolute Gasteiger partial charge is 0.287 e. The van der Waals surface area contributed by atoms with Crippen molar-refractivity contribution in [3.8, 4) is 5.75 Å². The number of hydrogen-bond acceptors (Lipinski definition) is 3. The van der Waals surface area contributed by atoms with Crippen LogP contribution in [0.4, 0.5) is 0 Å². The zero-order chi connectivity index (χ0) is 12.4. The number of ether oxygens (including phenoxy) is 1. The van der Waals surface area contributed by atoms with Crippen LogP contribution in [0, 0.1) is 0 Å². The van der Waals surface area contributed by atoms with E-state index in [0.717, 1.165) is 17.7 Å². The Morgan fingerprint density at radius 1 is 1.22 bits per heavy atom. The lowest BCUT2D eigenvalue weighted by molar-refractivity contribution is 0.0887. The molecule has 0 saturated carbocycles. The highest BCUT2D eigenvalue weighted by atomic mass is 16.5. The van der Waals surface area contributed by atoms with Crippen molar-refractivity contribution < 1.29 is 13.9 Å². The van der Waals surface area contributed by atoms with Crippen LogP contribution < -0.4 is 10.1 Å². The van der Waals surface area contributed by atoms with Crippen LogP contribution >= 0.6 is 0 Å². The summed E-state index contributed by atoms with van der Waals surface area (Å²) in [7, 11) is 0. The molecule has 2 heterocycles. The van der Waals surface area contributed by atoms with Crippen LogP contribution in [0.1, 0.15) is 16.1 Å². The molecule has 0 spiro atoms. The van der Waals surface area contributed by atoms with Gasteiger partial charge >= 0.3 is 0 Å². The second-order valence-corrected chi connectivity index (χ2v) is 4.27. The van der Waals surface area contributed by atoms with Crippen LogP contribution in [0.15, 0.2) is 47.1 Å².